The van der Waals surface area contributed by atoms with Crippen LogP contribution in [-0.4, -0.2) is 9.38 Å². The standard InChI is InChI=1S/C20H16Br2N2S/c1-12-8-18-23-20(15-4-3-5-16(21)10-15)17(9-14-6-7-25-11-14)24(18)13(2)19(12)22/h3-8,10-11H,9H2,1-2H3. The normalized spacial score (nSPS) is 11.4. The highest BCUT2D eigenvalue weighted by molar-refractivity contribution is 9.10. The molecule has 3 heterocycles. The highest BCUT2D eigenvalue weighted by Crippen LogP contribution is 2.32. The van der Waals surface area contributed by atoms with E-state index in [9.17, 15) is 0 Å². The molecule has 126 valence electrons. The molecular formula is C20H16Br2N2S. The van der Waals surface area contributed by atoms with Crippen molar-refractivity contribution in [2.75, 3.05) is 0 Å². The number of rotatable bonds is 3. The minimum Gasteiger partial charge on any atom is -0.299 e. The Morgan fingerprint density at radius 1 is 1.12 bits per heavy atom. The molecular weight excluding hydrogens is 460 g/mol. The van der Waals surface area contributed by atoms with Crippen LogP contribution in [0.3, 0.4) is 0 Å². The van der Waals surface area contributed by atoms with Crippen molar-refractivity contribution < 1.29 is 0 Å². The summed E-state index contributed by atoms with van der Waals surface area (Å²) in [5, 5.41) is 4.34. The molecule has 3 aromatic heterocycles. The van der Waals surface area contributed by atoms with Crippen molar-refractivity contribution in [1.82, 2.24) is 9.38 Å². The van der Waals surface area contributed by atoms with Crippen LogP contribution in [0.5, 0.6) is 0 Å². The van der Waals surface area contributed by atoms with E-state index in [0.29, 0.717) is 0 Å². The lowest BCUT2D eigenvalue weighted by Gasteiger charge is -2.10. The molecule has 0 fully saturated rings. The van der Waals surface area contributed by atoms with Gasteiger partial charge in [0.25, 0.3) is 0 Å². The van der Waals surface area contributed by atoms with Crippen LogP contribution < -0.4 is 0 Å². The zero-order chi connectivity index (χ0) is 17.6. The second-order valence-electron chi connectivity index (χ2n) is 6.15. The van der Waals surface area contributed by atoms with Gasteiger partial charge in [-0.15, -0.1) is 0 Å². The SMILES string of the molecule is Cc1cc2nc(-c3cccc(Br)c3)c(Cc3ccsc3)n2c(C)c1Br. The highest BCUT2D eigenvalue weighted by Gasteiger charge is 2.18. The molecule has 0 bridgehead atoms. The van der Waals surface area contributed by atoms with Gasteiger partial charge in [0.1, 0.15) is 5.65 Å². The van der Waals surface area contributed by atoms with E-state index in [0.717, 1.165) is 32.3 Å². The summed E-state index contributed by atoms with van der Waals surface area (Å²) in [6.45, 7) is 4.26. The molecule has 5 heteroatoms. The van der Waals surface area contributed by atoms with E-state index in [1.807, 2.05) is 6.07 Å². The number of hydrogen-bond donors (Lipinski definition) is 0. The summed E-state index contributed by atoms with van der Waals surface area (Å²) >= 11 is 9.06. The number of aryl methyl sites for hydroxylation is 2. The summed E-state index contributed by atoms with van der Waals surface area (Å²) in [7, 11) is 0. The van der Waals surface area contributed by atoms with E-state index < -0.39 is 0 Å². The van der Waals surface area contributed by atoms with E-state index >= 15 is 0 Å². The minimum atomic E-state index is 0.864. The average Bonchev–Trinajstić information content (AvgIpc) is 3.21. The van der Waals surface area contributed by atoms with Crippen LogP contribution in [0.2, 0.25) is 0 Å². The number of imidazole rings is 1. The number of aromatic nitrogens is 2. The van der Waals surface area contributed by atoms with Crippen LogP contribution >= 0.6 is 43.2 Å². The van der Waals surface area contributed by atoms with Crippen molar-refractivity contribution in [2.45, 2.75) is 20.3 Å². The first-order valence-corrected chi connectivity index (χ1v) is 10.5. The minimum absolute atomic E-state index is 0.864. The molecule has 4 rings (SSSR count). The van der Waals surface area contributed by atoms with Gasteiger partial charge in [-0.25, -0.2) is 4.98 Å². The average molecular weight is 476 g/mol. The lowest BCUT2D eigenvalue weighted by molar-refractivity contribution is 0.974. The Bertz CT molecular complexity index is 1070. The van der Waals surface area contributed by atoms with Crippen LogP contribution in [0.25, 0.3) is 16.9 Å². The van der Waals surface area contributed by atoms with E-state index in [-0.39, 0.29) is 0 Å². The quantitative estimate of drug-likeness (QED) is 0.318. The first-order chi connectivity index (χ1) is 12.0. The fourth-order valence-corrected chi connectivity index (χ4v) is 4.56. The molecule has 0 spiro atoms. The summed E-state index contributed by atoms with van der Waals surface area (Å²) in [6, 6.07) is 12.7. The molecule has 2 nitrogen and oxygen atoms in total. The maximum Gasteiger partial charge on any atom is 0.138 e. The smallest absolute Gasteiger partial charge is 0.138 e. The Morgan fingerprint density at radius 3 is 2.68 bits per heavy atom. The molecule has 0 N–H and O–H groups in total. The van der Waals surface area contributed by atoms with Gasteiger partial charge in [-0.05, 0) is 75.9 Å². The molecule has 25 heavy (non-hydrogen) atoms. The van der Waals surface area contributed by atoms with Gasteiger partial charge in [-0.3, -0.25) is 4.40 Å². The molecule has 0 atom stereocenters. The molecule has 4 aromatic rings. The summed E-state index contributed by atoms with van der Waals surface area (Å²) in [5.74, 6) is 0. The third kappa shape index (κ3) is 3.09. The lowest BCUT2D eigenvalue weighted by atomic mass is 10.1. The van der Waals surface area contributed by atoms with Crippen molar-refractivity contribution in [3.63, 3.8) is 0 Å². The first-order valence-electron chi connectivity index (χ1n) is 7.98. The molecule has 0 saturated carbocycles. The maximum atomic E-state index is 4.99. The van der Waals surface area contributed by atoms with E-state index in [1.165, 1.54) is 22.5 Å². The van der Waals surface area contributed by atoms with Crippen molar-refractivity contribution in [3.8, 4) is 11.3 Å². The largest absolute Gasteiger partial charge is 0.299 e. The van der Waals surface area contributed by atoms with Gasteiger partial charge in [0, 0.05) is 26.6 Å². The Hall–Kier alpha value is -1.43. The molecule has 1 aromatic carbocycles. The molecule has 0 unspecified atom stereocenters. The van der Waals surface area contributed by atoms with Crippen molar-refractivity contribution in [1.29, 1.82) is 0 Å². The molecule has 0 amide bonds. The van der Waals surface area contributed by atoms with E-state index in [2.05, 4.69) is 91.2 Å². The van der Waals surface area contributed by atoms with Crippen LogP contribution in [-0.2, 0) is 6.42 Å². The monoisotopic (exact) mass is 474 g/mol. The predicted octanol–water partition coefficient (Wildman–Crippen LogP) is 6.80. The Balaban J connectivity index is 2.02. The lowest BCUT2D eigenvalue weighted by Crippen LogP contribution is -2.01. The van der Waals surface area contributed by atoms with Crippen LogP contribution in [0, 0.1) is 13.8 Å². The van der Waals surface area contributed by atoms with Gasteiger partial charge in [0.05, 0.1) is 11.4 Å². The molecule has 0 aliphatic heterocycles. The van der Waals surface area contributed by atoms with Gasteiger partial charge < -0.3 is 0 Å². The first kappa shape index (κ1) is 17.0. The van der Waals surface area contributed by atoms with Crippen LogP contribution in [0.4, 0.5) is 0 Å². The number of thiophene rings is 1. The molecule has 0 saturated heterocycles. The summed E-state index contributed by atoms with van der Waals surface area (Å²) in [5.41, 5.74) is 8.12. The zero-order valence-electron chi connectivity index (χ0n) is 13.9. The van der Waals surface area contributed by atoms with Gasteiger partial charge in [0.2, 0.25) is 0 Å². The van der Waals surface area contributed by atoms with Crippen molar-refractivity contribution in [2.24, 2.45) is 0 Å². The topological polar surface area (TPSA) is 17.3 Å². The number of fused-ring (bicyclic) bond motifs is 1. The third-order valence-electron chi connectivity index (χ3n) is 4.39. The Kier molecular flexibility index (Phi) is 4.56. The summed E-state index contributed by atoms with van der Waals surface area (Å²) < 4.78 is 4.49. The summed E-state index contributed by atoms with van der Waals surface area (Å²) in [6.07, 6.45) is 0.864. The molecule has 0 aliphatic rings. The number of hydrogen-bond acceptors (Lipinski definition) is 2. The van der Waals surface area contributed by atoms with Crippen molar-refractivity contribution in [3.05, 3.63) is 78.6 Å². The van der Waals surface area contributed by atoms with Crippen molar-refractivity contribution >= 4 is 48.8 Å². The predicted molar refractivity (Wildman–Crippen MR) is 113 cm³/mol. The fourth-order valence-electron chi connectivity index (χ4n) is 3.20. The summed E-state index contributed by atoms with van der Waals surface area (Å²) in [4.78, 5) is 4.99. The van der Waals surface area contributed by atoms with E-state index in [1.54, 1.807) is 11.3 Å². The number of halogens is 2. The second-order valence-corrected chi connectivity index (χ2v) is 8.63. The second kappa shape index (κ2) is 6.71. The fraction of sp³-hybridized carbons (Fsp3) is 0.150. The van der Waals surface area contributed by atoms with Gasteiger partial charge in [0.15, 0.2) is 0 Å². The maximum absolute atomic E-state index is 4.99. The van der Waals surface area contributed by atoms with Gasteiger partial charge in [-0.1, -0.05) is 28.1 Å². The zero-order valence-corrected chi connectivity index (χ0v) is 17.9. The highest BCUT2D eigenvalue weighted by atomic mass is 79.9. The van der Waals surface area contributed by atoms with E-state index in [4.69, 9.17) is 4.98 Å². The number of nitrogens with zero attached hydrogens (tertiary/aromatic N) is 2. The Morgan fingerprint density at radius 2 is 1.96 bits per heavy atom. The number of benzene rings is 1. The number of pyridine rings is 1. The van der Waals surface area contributed by atoms with Crippen LogP contribution in [0.1, 0.15) is 22.5 Å². The van der Waals surface area contributed by atoms with Crippen LogP contribution in [0.15, 0.2) is 56.1 Å². The molecule has 0 aliphatic carbocycles. The third-order valence-corrected chi connectivity index (χ3v) is 6.82. The molecule has 0 radical (unpaired) electrons. The van der Waals surface area contributed by atoms with Gasteiger partial charge >= 0.3 is 0 Å². The Labute approximate surface area is 167 Å². The van der Waals surface area contributed by atoms with Gasteiger partial charge in [-0.2, -0.15) is 11.3 Å².